The van der Waals surface area contributed by atoms with Crippen LogP contribution in [0.1, 0.15) is 49.8 Å². The molecule has 0 spiro atoms. The fourth-order valence-corrected chi connectivity index (χ4v) is 2.90. The van der Waals surface area contributed by atoms with Crippen LogP contribution in [0.5, 0.6) is 0 Å². The minimum atomic E-state index is -1.05. The van der Waals surface area contributed by atoms with Gasteiger partial charge in [0.25, 0.3) is 0 Å². The molecule has 7 heteroatoms. The number of carboxylic acids is 1. The summed E-state index contributed by atoms with van der Waals surface area (Å²) in [6.07, 6.45) is -0.546. The van der Waals surface area contributed by atoms with E-state index in [4.69, 9.17) is 16.3 Å². The number of nitrogens with zero attached hydrogens (tertiary/aromatic N) is 1. The van der Waals surface area contributed by atoms with Crippen LogP contribution in [0.4, 0.5) is 4.79 Å². The van der Waals surface area contributed by atoms with Gasteiger partial charge in [0.15, 0.2) is 0 Å². The lowest BCUT2D eigenvalue weighted by Crippen LogP contribution is -2.35. The van der Waals surface area contributed by atoms with Crippen LogP contribution in [0.25, 0.3) is 10.9 Å². The first kappa shape index (κ1) is 19.1. The van der Waals surface area contributed by atoms with E-state index in [9.17, 15) is 14.7 Å². The third kappa shape index (κ3) is 4.25. The molecule has 0 saturated carbocycles. The molecule has 136 valence electrons. The molecule has 0 aliphatic rings. The predicted molar refractivity (Wildman–Crippen MR) is 97.6 cm³/mol. The molecule has 0 radical (unpaired) electrons. The molecule has 1 unspecified atom stereocenters. The van der Waals surface area contributed by atoms with Gasteiger partial charge in [-0.1, -0.05) is 23.7 Å². The van der Waals surface area contributed by atoms with Gasteiger partial charge >= 0.3 is 12.1 Å². The zero-order chi connectivity index (χ0) is 18.9. The minimum absolute atomic E-state index is 0.126. The highest BCUT2D eigenvalue weighted by atomic mass is 35.5. The van der Waals surface area contributed by atoms with E-state index in [0.717, 1.165) is 10.9 Å². The molecule has 0 bridgehead atoms. The molecule has 0 fully saturated rings. The lowest BCUT2D eigenvalue weighted by molar-refractivity contribution is 0.0521. The van der Waals surface area contributed by atoms with Crippen molar-refractivity contribution in [2.75, 3.05) is 6.54 Å². The third-order valence-corrected chi connectivity index (χ3v) is 4.21. The number of carbonyl (C=O) groups is 2. The summed E-state index contributed by atoms with van der Waals surface area (Å²) in [5.74, 6) is -1.05. The van der Waals surface area contributed by atoms with Gasteiger partial charge in [-0.25, -0.2) is 9.59 Å². The van der Waals surface area contributed by atoms with Crippen molar-refractivity contribution in [3.63, 3.8) is 0 Å². The number of aromatic carboxylic acids is 1. The smallest absolute Gasteiger partial charge is 0.407 e. The van der Waals surface area contributed by atoms with Crippen LogP contribution in [0.15, 0.2) is 18.2 Å². The second-order valence-electron chi connectivity index (χ2n) is 7.07. The highest BCUT2D eigenvalue weighted by Crippen LogP contribution is 2.32. The van der Waals surface area contributed by atoms with E-state index < -0.39 is 17.7 Å². The van der Waals surface area contributed by atoms with Gasteiger partial charge in [0.05, 0.1) is 10.5 Å². The lowest BCUT2D eigenvalue weighted by atomic mass is 10.2. The average Bonchev–Trinajstić information content (AvgIpc) is 2.87. The largest absolute Gasteiger partial charge is 0.477 e. The number of aryl methyl sites for hydroxylation is 1. The van der Waals surface area contributed by atoms with Crippen molar-refractivity contribution < 1.29 is 19.4 Å². The van der Waals surface area contributed by atoms with Crippen LogP contribution in [0.3, 0.4) is 0 Å². The van der Waals surface area contributed by atoms with Crippen LogP contribution in [0, 0.1) is 6.92 Å². The highest BCUT2D eigenvalue weighted by Gasteiger charge is 2.22. The van der Waals surface area contributed by atoms with E-state index in [1.54, 1.807) is 31.4 Å². The summed E-state index contributed by atoms with van der Waals surface area (Å²) in [7, 11) is 0. The zero-order valence-corrected chi connectivity index (χ0v) is 15.8. The Morgan fingerprint density at radius 1 is 1.36 bits per heavy atom. The van der Waals surface area contributed by atoms with Crippen LogP contribution < -0.4 is 5.32 Å². The van der Waals surface area contributed by atoms with Crippen molar-refractivity contribution in [3.8, 4) is 0 Å². The summed E-state index contributed by atoms with van der Waals surface area (Å²) in [6.45, 7) is 9.23. The number of benzene rings is 1. The molecule has 1 aromatic heterocycles. The Bertz CT molecular complexity index is 821. The number of ether oxygens (including phenoxy) is 1. The van der Waals surface area contributed by atoms with E-state index in [1.165, 1.54) is 0 Å². The Hall–Kier alpha value is -2.21. The Morgan fingerprint density at radius 3 is 2.56 bits per heavy atom. The number of rotatable bonds is 4. The number of carbonyl (C=O) groups excluding carboxylic acids is 1. The summed E-state index contributed by atoms with van der Waals surface area (Å²) in [5, 5.41) is 13.5. The number of aromatic nitrogens is 1. The van der Waals surface area contributed by atoms with Gasteiger partial charge < -0.3 is 19.7 Å². The van der Waals surface area contributed by atoms with Gasteiger partial charge in [-0.3, -0.25) is 0 Å². The summed E-state index contributed by atoms with van der Waals surface area (Å²) >= 11 is 6.42. The van der Waals surface area contributed by atoms with E-state index in [1.807, 2.05) is 26.0 Å². The molecule has 25 heavy (non-hydrogen) atoms. The Morgan fingerprint density at radius 2 is 2.00 bits per heavy atom. The second kappa shape index (κ2) is 6.96. The number of alkyl carbamates (subject to hydrolysis) is 1. The van der Waals surface area contributed by atoms with E-state index >= 15 is 0 Å². The van der Waals surface area contributed by atoms with E-state index in [2.05, 4.69) is 5.32 Å². The minimum Gasteiger partial charge on any atom is -0.477 e. The third-order valence-electron chi connectivity index (χ3n) is 3.73. The number of fused-ring (bicyclic) bond motifs is 1. The molecule has 2 aromatic rings. The summed E-state index contributed by atoms with van der Waals surface area (Å²) in [5.41, 5.74) is 1.04. The normalized spacial score (nSPS) is 12.9. The molecule has 6 nitrogen and oxygen atoms in total. The molecular formula is C18H23ClN2O4. The van der Waals surface area contributed by atoms with E-state index in [-0.39, 0.29) is 18.3 Å². The summed E-state index contributed by atoms with van der Waals surface area (Å²) in [6, 6.07) is 4.96. The summed E-state index contributed by atoms with van der Waals surface area (Å²) < 4.78 is 6.86. The first-order valence-electron chi connectivity index (χ1n) is 8.01. The Balaban J connectivity index is 2.35. The van der Waals surface area contributed by atoms with Gasteiger partial charge in [0.1, 0.15) is 11.3 Å². The maximum atomic E-state index is 11.9. The molecular weight excluding hydrogens is 344 g/mol. The quantitative estimate of drug-likeness (QED) is 0.841. The van der Waals surface area contributed by atoms with Gasteiger partial charge in [0.2, 0.25) is 0 Å². The Labute approximate surface area is 151 Å². The van der Waals surface area contributed by atoms with Crippen molar-refractivity contribution in [1.82, 2.24) is 9.88 Å². The number of carboxylic acid groups (broad SMARTS) is 1. The highest BCUT2D eigenvalue weighted by molar-refractivity contribution is 6.36. The molecule has 2 N–H and O–H groups in total. The van der Waals surface area contributed by atoms with Crippen LogP contribution in [-0.4, -0.2) is 33.9 Å². The number of hydrogen-bond acceptors (Lipinski definition) is 3. The molecule has 2 rings (SSSR count). The van der Waals surface area contributed by atoms with Gasteiger partial charge in [-0.05, 0) is 46.2 Å². The van der Waals surface area contributed by atoms with Crippen molar-refractivity contribution in [2.45, 2.75) is 46.3 Å². The number of amides is 1. The molecule has 1 amide bonds. The monoisotopic (exact) mass is 366 g/mol. The van der Waals surface area contributed by atoms with Gasteiger partial charge in [0, 0.05) is 18.0 Å². The van der Waals surface area contributed by atoms with Crippen LogP contribution in [-0.2, 0) is 4.74 Å². The van der Waals surface area contributed by atoms with Crippen molar-refractivity contribution in [3.05, 3.63) is 34.5 Å². The molecule has 1 atom stereocenters. The maximum absolute atomic E-state index is 11.9. The number of halogens is 1. The first-order valence-corrected chi connectivity index (χ1v) is 8.39. The second-order valence-corrected chi connectivity index (χ2v) is 7.45. The standard InChI is InChI=1S/C18H23ClN2O4/c1-10-6-7-12-8-13(16(22)23)21(15(12)14(10)19)11(2)9-20-17(24)25-18(3,4)5/h6-8,11H,9H2,1-5H3,(H,20,24)(H,22,23). The predicted octanol–water partition coefficient (Wildman–Crippen LogP) is 4.39. The van der Waals surface area contributed by atoms with Crippen molar-refractivity contribution >= 4 is 34.6 Å². The maximum Gasteiger partial charge on any atom is 0.407 e. The topological polar surface area (TPSA) is 80.6 Å². The SMILES string of the molecule is Cc1ccc2cc(C(=O)O)n(C(C)CNC(=O)OC(C)(C)C)c2c1Cl. The van der Waals surface area contributed by atoms with E-state index in [0.29, 0.717) is 10.5 Å². The van der Waals surface area contributed by atoms with Crippen molar-refractivity contribution in [1.29, 1.82) is 0 Å². The van der Waals surface area contributed by atoms with Crippen molar-refractivity contribution in [2.24, 2.45) is 0 Å². The fraction of sp³-hybridized carbons (Fsp3) is 0.444. The zero-order valence-electron chi connectivity index (χ0n) is 15.0. The van der Waals surface area contributed by atoms with Gasteiger partial charge in [-0.2, -0.15) is 0 Å². The summed E-state index contributed by atoms with van der Waals surface area (Å²) in [4.78, 5) is 23.5. The molecule has 1 heterocycles. The molecule has 0 saturated heterocycles. The number of nitrogens with one attached hydrogen (secondary N) is 1. The molecule has 0 aliphatic carbocycles. The lowest BCUT2D eigenvalue weighted by Gasteiger charge is -2.22. The molecule has 1 aromatic carbocycles. The first-order chi connectivity index (χ1) is 11.5. The average molecular weight is 367 g/mol. The number of hydrogen-bond donors (Lipinski definition) is 2. The fourth-order valence-electron chi connectivity index (χ4n) is 2.64. The molecule has 0 aliphatic heterocycles. The van der Waals surface area contributed by atoms with Gasteiger partial charge in [-0.15, -0.1) is 0 Å². The Kier molecular flexibility index (Phi) is 5.32. The van der Waals surface area contributed by atoms with Crippen LogP contribution >= 0.6 is 11.6 Å². The van der Waals surface area contributed by atoms with Crippen LogP contribution in [0.2, 0.25) is 5.02 Å².